The summed E-state index contributed by atoms with van der Waals surface area (Å²) in [6.07, 6.45) is 1.05. The van der Waals surface area contributed by atoms with Crippen LogP contribution in [0.1, 0.15) is 11.9 Å². The van der Waals surface area contributed by atoms with Gasteiger partial charge in [-0.3, -0.25) is 0 Å². The summed E-state index contributed by atoms with van der Waals surface area (Å²) in [5.74, 6) is 0.624. The van der Waals surface area contributed by atoms with E-state index in [9.17, 15) is 5.11 Å². The zero-order valence-corrected chi connectivity index (χ0v) is 6.82. The van der Waals surface area contributed by atoms with Crippen LogP contribution in [0.3, 0.4) is 0 Å². The molecule has 0 saturated heterocycles. The molecule has 0 aliphatic rings. The van der Waals surface area contributed by atoms with Crippen molar-refractivity contribution in [1.29, 1.82) is 0 Å². The lowest BCUT2D eigenvalue weighted by Gasteiger charge is -2.13. The molecule has 0 aliphatic heterocycles. The molecule has 0 saturated carbocycles. The molecule has 1 atom stereocenters. The van der Waals surface area contributed by atoms with E-state index in [4.69, 9.17) is 4.42 Å². The second-order valence-electron chi connectivity index (χ2n) is 2.79. The first-order valence-corrected chi connectivity index (χ1v) is 3.56. The maximum Gasteiger partial charge on any atom is 0.133 e. The Labute approximate surface area is 66.2 Å². The van der Waals surface area contributed by atoms with Gasteiger partial charge < -0.3 is 14.4 Å². The summed E-state index contributed by atoms with van der Waals surface area (Å²) in [4.78, 5) is 1.91. The molecule has 1 aromatic rings. The number of furan rings is 1. The van der Waals surface area contributed by atoms with Gasteiger partial charge in [0.2, 0.25) is 0 Å². The Morgan fingerprint density at radius 3 is 2.82 bits per heavy atom. The molecule has 1 rings (SSSR count). The topological polar surface area (TPSA) is 36.6 Å². The average molecular weight is 155 g/mol. The highest BCUT2D eigenvalue weighted by atomic mass is 16.4. The third-order valence-corrected chi connectivity index (χ3v) is 1.41. The molecule has 11 heavy (non-hydrogen) atoms. The number of nitrogens with zero attached hydrogens (tertiary/aromatic N) is 1. The van der Waals surface area contributed by atoms with E-state index in [0.717, 1.165) is 0 Å². The van der Waals surface area contributed by atoms with Gasteiger partial charge in [0.05, 0.1) is 6.26 Å². The van der Waals surface area contributed by atoms with Crippen LogP contribution in [0.25, 0.3) is 0 Å². The van der Waals surface area contributed by atoms with Crippen LogP contribution in [-0.2, 0) is 0 Å². The van der Waals surface area contributed by atoms with E-state index in [1.165, 1.54) is 0 Å². The van der Waals surface area contributed by atoms with Crippen molar-refractivity contribution >= 4 is 0 Å². The van der Waals surface area contributed by atoms with Crippen molar-refractivity contribution in [3.05, 3.63) is 24.2 Å². The van der Waals surface area contributed by atoms with Gasteiger partial charge in [0.1, 0.15) is 11.9 Å². The quantitative estimate of drug-likeness (QED) is 0.703. The van der Waals surface area contributed by atoms with Gasteiger partial charge in [0.25, 0.3) is 0 Å². The maximum absolute atomic E-state index is 9.44. The predicted octanol–water partition coefficient (Wildman–Crippen LogP) is 0.875. The van der Waals surface area contributed by atoms with Crippen LogP contribution in [-0.4, -0.2) is 30.6 Å². The molecule has 3 nitrogen and oxygen atoms in total. The molecule has 1 N–H and O–H groups in total. The minimum Gasteiger partial charge on any atom is -0.467 e. The molecular formula is C8H13NO2. The van der Waals surface area contributed by atoms with Gasteiger partial charge in [-0.1, -0.05) is 0 Å². The number of hydrogen-bond acceptors (Lipinski definition) is 3. The Hall–Kier alpha value is -0.800. The van der Waals surface area contributed by atoms with E-state index in [0.29, 0.717) is 12.3 Å². The number of aliphatic hydroxyl groups is 1. The molecule has 1 heterocycles. The fraction of sp³-hybridized carbons (Fsp3) is 0.500. The Bertz CT molecular complexity index is 194. The lowest BCUT2D eigenvalue weighted by molar-refractivity contribution is 0.116. The molecule has 1 aromatic heterocycles. The second-order valence-corrected chi connectivity index (χ2v) is 2.79. The Balaban J connectivity index is 2.49. The summed E-state index contributed by atoms with van der Waals surface area (Å²) in [7, 11) is 3.82. The molecule has 0 amide bonds. The van der Waals surface area contributed by atoms with Crippen molar-refractivity contribution in [2.75, 3.05) is 20.6 Å². The standard InChI is InChI=1S/C8H13NO2/c1-9(2)6-7(10)8-4-3-5-11-8/h3-5,7,10H,6H2,1-2H3. The third-order valence-electron chi connectivity index (χ3n) is 1.41. The minimum atomic E-state index is -0.514. The normalized spacial score (nSPS) is 13.8. The molecule has 0 aliphatic carbocycles. The van der Waals surface area contributed by atoms with Crippen LogP contribution in [0, 0.1) is 0 Å². The first-order valence-electron chi connectivity index (χ1n) is 3.56. The van der Waals surface area contributed by atoms with Crippen LogP contribution in [0.5, 0.6) is 0 Å². The van der Waals surface area contributed by atoms with Crippen molar-refractivity contribution in [2.45, 2.75) is 6.10 Å². The summed E-state index contributed by atoms with van der Waals surface area (Å²) < 4.78 is 5.02. The van der Waals surface area contributed by atoms with Gasteiger partial charge >= 0.3 is 0 Å². The molecule has 62 valence electrons. The van der Waals surface area contributed by atoms with E-state index >= 15 is 0 Å². The van der Waals surface area contributed by atoms with Gasteiger partial charge in [0, 0.05) is 6.54 Å². The molecule has 0 fully saturated rings. The van der Waals surface area contributed by atoms with E-state index < -0.39 is 6.10 Å². The number of rotatable bonds is 3. The SMILES string of the molecule is CN(C)CC(O)c1ccco1. The Kier molecular flexibility index (Phi) is 2.68. The average Bonchev–Trinajstić information content (AvgIpc) is 2.35. The van der Waals surface area contributed by atoms with Crippen molar-refractivity contribution in [3.8, 4) is 0 Å². The van der Waals surface area contributed by atoms with Gasteiger partial charge in [-0.25, -0.2) is 0 Å². The number of aliphatic hydroxyl groups excluding tert-OH is 1. The van der Waals surface area contributed by atoms with Crippen LogP contribution in [0.2, 0.25) is 0 Å². The lowest BCUT2D eigenvalue weighted by Crippen LogP contribution is -2.19. The lowest BCUT2D eigenvalue weighted by atomic mass is 10.2. The highest BCUT2D eigenvalue weighted by Crippen LogP contribution is 2.12. The van der Waals surface area contributed by atoms with Crippen molar-refractivity contribution in [3.63, 3.8) is 0 Å². The highest BCUT2D eigenvalue weighted by Gasteiger charge is 2.10. The van der Waals surface area contributed by atoms with Crippen molar-refractivity contribution in [2.24, 2.45) is 0 Å². The molecule has 1 unspecified atom stereocenters. The van der Waals surface area contributed by atoms with E-state index in [2.05, 4.69) is 0 Å². The molecular weight excluding hydrogens is 142 g/mol. The smallest absolute Gasteiger partial charge is 0.133 e. The fourth-order valence-electron chi connectivity index (χ4n) is 0.917. The summed E-state index contributed by atoms with van der Waals surface area (Å²) in [5.41, 5.74) is 0. The maximum atomic E-state index is 9.44. The summed E-state index contributed by atoms with van der Waals surface area (Å²) >= 11 is 0. The molecule has 0 spiro atoms. The molecule has 0 aromatic carbocycles. The van der Waals surface area contributed by atoms with Gasteiger partial charge in [-0.15, -0.1) is 0 Å². The summed E-state index contributed by atoms with van der Waals surface area (Å²) in [5, 5.41) is 9.44. The Morgan fingerprint density at radius 1 is 1.64 bits per heavy atom. The highest BCUT2D eigenvalue weighted by molar-refractivity contribution is 5.01. The third kappa shape index (κ3) is 2.37. The van der Waals surface area contributed by atoms with Crippen LogP contribution in [0.15, 0.2) is 22.8 Å². The largest absolute Gasteiger partial charge is 0.467 e. The first-order chi connectivity index (χ1) is 5.20. The zero-order chi connectivity index (χ0) is 8.27. The molecule has 0 bridgehead atoms. The second kappa shape index (κ2) is 3.55. The van der Waals surface area contributed by atoms with Crippen LogP contribution in [0.4, 0.5) is 0 Å². The van der Waals surface area contributed by atoms with Gasteiger partial charge in [-0.2, -0.15) is 0 Å². The summed E-state index contributed by atoms with van der Waals surface area (Å²) in [6.45, 7) is 0.591. The van der Waals surface area contributed by atoms with E-state index in [-0.39, 0.29) is 0 Å². The molecule has 3 heteroatoms. The van der Waals surface area contributed by atoms with Gasteiger partial charge in [0.15, 0.2) is 0 Å². The summed E-state index contributed by atoms with van der Waals surface area (Å²) in [6, 6.07) is 3.54. The number of likely N-dealkylation sites (N-methyl/N-ethyl adjacent to an activating group) is 1. The zero-order valence-electron chi connectivity index (χ0n) is 6.82. The Morgan fingerprint density at radius 2 is 2.36 bits per heavy atom. The predicted molar refractivity (Wildman–Crippen MR) is 42.2 cm³/mol. The van der Waals surface area contributed by atoms with Crippen LogP contribution >= 0.6 is 0 Å². The number of hydrogen-bond donors (Lipinski definition) is 1. The van der Waals surface area contributed by atoms with Gasteiger partial charge in [-0.05, 0) is 26.2 Å². The first kappa shape index (κ1) is 8.30. The minimum absolute atomic E-state index is 0.514. The monoisotopic (exact) mass is 155 g/mol. The fourth-order valence-corrected chi connectivity index (χ4v) is 0.917. The van der Waals surface area contributed by atoms with Crippen molar-refractivity contribution in [1.82, 2.24) is 4.90 Å². The van der Waals surface area contributed by atoms with E-state index in [1.54, 1.807) is 18.4 Å². The molecule has 0 radical (unpaired) electrons. The van der Waals surface area contributed by atoms with Crippen molar-refractivity contribution < 1.29 is 9.52 Å². The van der Waals surface area contributed by atoms with Crippen LogP contribution < -0.4 is 0 Å². The van der Waals surface area contributed by atoms with E-state index in [1.807, 2.05) is 19.0 Å².